The number of carbonyl (C=O) groups excluding carboxylic acids is 1. The van der Waals surface area contributed by atoms with Gasteiger partial charge < -0.3 is 9.47 Å². The van der Waals surface area contributed by atoms with Crippen LogP contribution < -0.4 is 4.90 Å². The lowest BCUT2D eigenvalue weighted by Gasteiger charge is -2.18. The number of amides is 1. The van der Waals surface area contributed by atoms with E-state index in [-0.39, 0.29) is 17.7 Å². The second-order valence-electron chi connectivity index (χ2n) is 7.98. The van der Waals surface area contributed by atoms with E-state index in [1.807, 2.05) is 48.2 Å². The van der Waals surface area contributed by atoms with E-state index < -0.39 is 4.33 Å². The highest BCUT2D eigenvalue weighted by atomic mass is 35.5. The molecule has 2 heterocycles. The smallest absolute Gasteiger partial charge is 0.227 e. The Bertz CT molecular complexity index is 1070. The summed E-state index contributed by atoms with van der Waals surface area (Å²) in [7, 11) is 0. The molecule has 1 saturated carbocycles. The van der Waals surface area contributed by atoms with Crippen LogP contribution in [-0.4, -0.2) is 26.3 Å². The van der Waals surface area contributed by atoms with Gasteiger partial charge in [-0.3, -0.25) is 4.79 Å². The first-order valence-corrected chi connectivity index (χ1v) is 10.4. The van der Waals surface area contributed by atoms with Crippen LogP contribution in [0.1, 0.15) is 30.1 Å². The second kappa shape index (κ2) is 6.50. The number of nitrogens with zero attached hydrogens (tertiary/aromatic N) is 3. The quantitative estimate of drug-likeness (QED) is 0.560. The van der Waals surface area contributed by atoms with Crippen LogP contribution in [0.3, 0.4) is 0 Å². The maximum atomic E-state index is 12.8. The fourth-order valence-corrected chi connectivity index (χ4v) is 4.72. The normalized spacial score (nSPS) is 23.5. The molecule has 1 aliphatic carbocycles. The highest BCUT2D eigenvalue weighted by Crippen LogP contribution is 2.54. The molecule has 1 aliphatic heterocycles. The van der Waals surface area contributed by atoms with Gasteiger partial charge in [0.1, 0.15) is 10.2 Å². The Kier molecular flexibility index (Phi) is 4.18. The molecule has 3 aromatic rings. The molecule has 0 radical (unpaired) electrons. The Morgan fingerprint density at radius 1 is 1.18 bits per heavy atom. The summed E-state index contributed by atoms with van der Waals surface area (Å²) >= 11 is 12.6. The number of fused-ring (bicyclic) bond motifs is 1. The van der Waals surface area contributed by atoms with Gasteiger partial charge in [0.05, 0.1) is 11.0 Å². The molecule has 2 aromatic carbocycles. The summed E-state index contributed by atoms with van der Waals surface area (Å²) in [5.41, 5.74) is 4.14. The van der Waals surface area contributed by atoms with Crippen LogP contribution >= 0.6 is 23.2 Å². The molecule has 6 heteroatoms. The van der Waals surface area contributed by atoms with Crippen molar-refractivity contribution in [1.29, 1.82) is 0 Å². The summed E-state index contributed by atoms with van der Waals surface area (Å²) in [6.07, 6.45) is 1.26. The van der Waals surface area contributed by atoms with Crippen molar-refractivity contribution >= 4 is 45.8 Å². The van der Waals surface area contributed by atoms with Crippen molar-refractivity contribution in [2.45, 2.75) is 36.6 Å². The number of anilines is 1. The van der Waals surface area contributed by atoms with Gasteiger partial charge in [-0.25, -0.2) is 4.98 Å². The van der Waals surface area contributed by atoms with Crippen LogP contribution in [0, 0.1) is 12.8 Å². The fraction of sp³-hybridized carbons (Fsp3) is 0.364. The number of imidazole rings is 1. The van der Waals surface area contributed by atoms with Crippen molar-refractivity contribution in [3.05, 3.63) is 59.9 Å². The van der Waals surface area contributed by atoms with Gasteiger partial charge in [-0.15, -0.1) is 23.2 Å². The molecule has 2 atom stereocenters. The average molecular weight is 414 g/mol. The Labute approximate surface area is 174 Å². The van der Waals surface area contributed by atoms with E-state index in [0.29, 0.717) is 13.0 Å². The van der Waals surface area contributed by atoms with Crippen LogP contribution in [0.4, 0.5) is 5.69 Å². The summed E-state index contributed by atoms with van der Waals surface area (Å²) in [5.74, 6) is 1.38. The zero-order valence-corrected chi connectivity index (χ0v) is 17.1. The summed E-state index contributed by atoms with van der Waals surface area (Å²) in [5, 5.41) is 0. The number of aryl methyl sites for hydroxylation is 1. The number of rotatable bonds is 4. The van der Waals surface area contributed by atoms with Gasteiger partial charge in [0.2, 0.25) is 5.91 Å². The van der Waals surface area contributed by atoms with Gasteiger partial charge in [0, 0.05) is 37.0 Å². The van der Waals surface area contributed by atoms with Gasteiger partial charge in [0.15, 0.2) is 0 Å². The molecule has 1 aromatic heterocycles. The molecule has 0 bridgehead atoms. The number of carbonyl (C=O) groups is 1. The maximum Gasteiger partial charge on any atom is 0.227 e. The monoisotopic (exact) mass is 413 g/mol. The Morgan fingerprint density at radius 3 is 2.71 bits per heavy atom. The number of halogens is 2. The van der Waals surface area contributed by atoms with Gasteiger partial charge in [-0.2, -0.15) is 0 Å². The molecule has 4 nitrogen and oxygen atoms in total. The van der Waals surface area contributed by atoms with Crippen molar-refractivity contribution in [3.8, 4) is 0 Å². The van der Waals surface area contributed by atoms with Crippen molar-refractivity contribution < 1.29 is 4.79 Å². The van der Waals surface area contributed by atoms with Crippen LogP contribution in [0.15, 0.2) is 48.5 Å². The maximum absolute atomic E-state index is 12.8. The van der Waals surface area contributed by atoms with Crippen molar-refractivity contribution in [3.63, 3.8) is 0 Å². The zero-order valence-electron chi connectivity index (χ0n) is 15.6. The molecule has 2 fully saturated rings. The first kappa shape index (κ1) is 18.0. The molecule has 0 N–H and O–H groups in total. The van der Waals surface area contributed by atoms with E-state index in [0.717, 1.165) is 41.1 Å². The SMILES string of the molecule is Cc1cccc(N2C[C@@H](c3nc4ccccc4n3C[C@H]3CC3(Cl)Cl)CC2=O)c1. The van der Waals surface area contributed by atoms with Gasteiger partial charge in [-0.1, -0.05) is 24.3 Å². The Hall–Kier alpha value is -2.04. The van der Waals surface area contributed by atoms with E-state index in [4.69, 9.17) is 28.2 Å². The number of aromatic nitrogens is 2. The van der Waals surface area contributed by atoms with Crippen LogP contribution in [-0.2, 0) is 11.3 Å². The lowest BCUT2D eigenvalue weighted by molar-refractivity contribution is -0.117. The Morgan fingerprint density at radius 2 is 1.96 bits per heavy atom. The van der Waals surface area contributed by atoms with Crippen LogP contribution in [0.5, 0.6) is 0 Å². The molecular formula is C22H21Cl2N3O. The standard InChI is InChI=1S/C22H21Cl2N3O/c1-14-5-4-6-17(9-14)26-12-15(10-20(26)28)21-25-18-7-2-3-8-19(18)27(21)13-16-11-22(16,23)24/h2-9,15-16H,10-13H2,1H3/t15-,16+/m0/s1. The minimum absolute atomic E-state index is 0.0548. The number of benzene rings is 2. The molecule has 1 amide bonds. The van der Waals surface area contributed by atoms with E-state index in [1.54, 1.807) is 0 Å². The van der Waals surface area contributed by atoms with E-state index >= 15 is 0 Å². The van der Waals surface area contributed by atoms with E-state index in [9.17, 15) is 4.79 Å². The second-order valence-corrected chi connectivity index (χ2v) is 9.52. The predicted molar refractivity (Wildman–Crippen MR) is 113 cm³/mol. The summed E-state index contributed by atoms with van der Waals surface area (Å²) in [6, 6.07) is 16.2. The highest BCUT2D eigenvalue weighted by Gasteiger charge is 2.52. The number of hydrogen-bond acceptors (Lipinski definition) is 2. The lowest BCUT2D eigenvalue weighted by atomic mass is 10.1. The molecule has 0 spiro atoms. The molecule has 2 aliphatic rings. The first-order valence-electron chi connectivity index (χ1n) is 9.62. The molecular weight excluding hydrogens is 393 g/mol. The van der Waals surface area contributed by atoms with Crippen LogP contribution in [0.2, 0.25) is 0 Å². The third kappa shape index (κ3) is 3.09. The van der Waals surface area contributed by atoms with Gasteiger partial charge in [0.25, 0.3) is 0 Å². The number of para-hydroxylation sites is 2. The van der Waals surface area contributed by atoms with Gasteiger partial charge >= 0.3 is 0 Å². The molecule has 0 unspecified atom stereocenters. The summed E-state index contributed by atoms with van der Waals surface area (Å²) < 4.78 is 1.59. The third-order valence-corrected chi connectivity index (χ3v) is 6.77. The molecule has 5 rings (SSSR count). The molecule has 28 heavy (non-hydrogen) atoms. The van der Waals surface area contributed by atoms with E-state index in [2.05, 4.69) is 16.7 Å². The van der Waals surface area contributed by atoms with Crippen molar-refractivity contribution in [1.82, 2.24) is 9.55 Å². The molecule has 1 saturated heterocycles. The fourth-order valence-electron chi connectivity index (χ4n) is 4.21. The number of hydrogen-bond donors (Lipinski definition) is 0. The third-order valence-electron chi connectivity index (χ3n) is 5.85. The minimum atomic E-state index is -0.637. The average Bonchev–Trinajstić information content (AvgIpc) is 2.98. The first-order chi connectivity index (χ1) is 13.4. The minimum Gasteiger partial charge on any atom is -0.327 e. The summed E-state index contributed by atoms with van der Waals surface area (Å²) in [6.45, 7) is 3.42. The summed E-state index contributed by atoms with van der Waals surface area (Å²) in [4.78, 5) is 19.6. The van der Waals surface area contributed by atoms with E-state index in [1.165, 1.54) is 0 Å². The van der Waals surface area contributed by atoms with Crippen molar-refractivity contribution in [2.24, 2.45) is 5.92 Å². The Balaban J connectivity index is 1.50. The highest BCUT2D eigenvalue weighted by molar-refractivity contribution is 6.50. The predicted octanol–water partition coefficient (Wildman–Crippen LogP) is 5.06. The van der Waals surface area contributed by atoms with Gasteiger partial charge in [-0.05, 0) is 43.2 Å². The number of alkyl halides is 2. The topological polar surface area (TPSA) is 38.1 Å². The molecule has 144 valence electrons. The van der Waals surface area contributed by atoms with Crippen molar-refractivity contribution in [2.75, 3.05) is 11.4 Å². The largest absolute Gasteiger partial charge is 0.327 e. The van der Waals surface area contributed by atoms with Crippen LogP contribution in [0.25, 0.3) is 11.0 Å². The zero-order chi connectivity index (χ0) is 19.5. The lowest BCUT2D eigenvalue weighted by Crippen LogP contribution is -2.24.